The van der Waals surface area contributed by atoms with Crippen LogP contribution in [-0.4, -0.2) is 17.4 Å². The van der Waals surface area contributed by atoms with Gasteiger partial charge in [0.15, 0.2) is 6.61 Å². The average molecular weight is 407 g/mol. The van der Waals surface area contributed by atoms with E-state index in [1.54, 1.807) is 24.3 Å². The first-order valence-corrected chi connectivity index (χ1v) is 9.12. The first-order chi connectivity index (χ1) is 14.5. The molecule has 3 rings (SSSR count). The van der Waals surface area contributed by atoms with Crippen molar-refractivity contribution < 1.29 is 24.3 Å². The largest absolute Gasteiger partial charge is 0.872 e. The van der Waals surface area contributed by atoms with Gasteiger partial charge in [-0.1, -0.05) is 36.4 Å². The fourth-order valence-corrected chi connectivity index (χ4v) is 2.58. The lowest BCUT2D eigenvalue weighted by Gasteiger charge is -2.14. The minimum absolute atomic E-state index is 0.116. The predicted molar refractivity (Wildman–Crippen MR) is 107 cm³/mol. The maximum atomic E-state index is 11.9. The minimum atomic E-state index is -0.596. The molecule has 0 aliphatic rings. The van der Waals surface area contributed by atoms with E-state index < -0.39 is 10.8 Å². The molecule has 0 atom stereocenters. The zero-order valence-corrected chi connectivity index (χ0v) is 15.9. The fourth-order valence-electron chi connectivity index (χ4n) is 2.58. The zero-order valence-electron chi connectivity index (χ0n) is 15.9. The summed E-state index contributed by atoms with van der Waals surface area (Å²) in [5, 5.41) is 25.0. The van der Waals surface area contributed by atoms with E-state index in [4.69, 9.17) is 9.47 Å². The van der Waals surface area contributed by atoms with Gasteiger partial charge in [-0.3, -0.25) is 14.9 Å². The van der Waals surface area contributed by atoms with Gasteiger partial charge < -0.3 is 19.9 Å². The highest BCUT2D eigenvalue weighted by atomic mass is 16.6. The molecule has 0 bridgehead atoms. The van der Waals surface area contributed by atoms with E-state index in [-0.39, 0.29) is 30.2 Å². The molecule has 0 aliphatic heterocycles. The summed E-state index contributed by atoms with van der Waals surface area (Å²) in [4.78, 5) is 22.1. The Morgan fingerprint density at radius 1 is 0.933 bits per heavy atom. The van der Waals surface area contributed by atoms with Crippen molar-refractivity contribution in [3.05, 3.63) is 94.0 Å². The Kier molecular flexibility index (Phi) is 6.83. The van der Waals surface area contributed by atoms with Crippen molar-refractivity contribution in [3.8, 4) is 17.2 Å². The van der Waals surface area contributed by atoms with Crippen LogP contribution in [0.2, 0.25) is 0 Å². The van der Waals surface area contributed by atoms with Gasteiger partial charge in [0, 0.05) is 18.7 Å². The van der Waals surface area contributed by atoms with Gasteiger partial charge in [-0.2, -0.15) is 0 Å². The molecule has 0 heterocycles. The van der Waals surface area contributed by atoms with Gasteiger partial charge in [0.25, 0.3) is 11.6 Å². The van der Waals surface area contributed by atoms with E-state index in [9.17, 15) is 20.0 Å². The number of nitrogens with zero attached hydrogens (tertiary/aromatic N) is 1. The summed E-state index contributed by atoms with van der Waals surface area (Å²) in [6.07, 6.45) is 0. The molecule has 30 heavy (non-hydrogen) atoms. The fraction of sp³-hybridized carbons (Fsp3) is 0.136. The predicted octanol–water partition coefficient (Wildman–Crippen LogP) is 2.94. The van der Waals surface area contributed by atoms with Crippen LogP contribution in [0.25, 0.3) is 0 Å². The van der Waals surface area contributed by atoms with Gasteiger partial charge in [-0.25, -0.2) is 0 Å². The molecule has 0 saturated heterocycles. The SMILES string of the molecule is O=C(COc1ccc(OCc2ccccc2)cc1)NCc1cc([N+](=O)[O-])ccc1[O-]. The van der Waals surface area contributed by atoms with Crippen molar-refractivity contribution in [2.75, 3.05) is 6.61 Å². The zero-order chi connectivity index (χ0) is 21.3. The summed E-state index contributed by atoms with van der Waals surface area (Å²) < 4.78 is 11.1. The summed E-state index contributed by atoms with van der Waals surface area (Å²) in [6.45, 7) is 0.0745. The highest BCUT2D eigenvalue weighted by Crippen LogP contribution is 2.21. The second-order valence-electron chi connectivity index (χ2n) is 6.36. The molecule has 0 spiro atoms. The van der Waals surface area contributed by atoms with Crippen LogP contribution in [-0.2, 0) is 17.9 Å². The molecule has 1 N–H and O–H groups in total. The number of ether oxygens (including phenoxy) is 2. The summed E-state index contributed by atoms with van der Waals surface area (Å²) in [6, 6.07) is 20.0. The van der Waals surface area contributed by atoms with Crippen molar-refractivity contribution >= 4 is 11.6 Å². The Bertz CT molecular complexity index is 1010. The van der Waals surface area contributed by atoms with Crippen LogP contribution in [0.15, 0.2) is 72.8 Å². The van der Waals surface area contributed by atoms with E-state index in [2.05, 4.69) is 5.32 Å². The average Bonchev–Trinajstić information content (AvgIpc) is 2.77. The summed E-state index contributed by atoms with van der Waals surface area (Å²) in [7, 11) is 0. The van der Waals surface area contributed by atoms with Crippen molar-refractivity contribution in [1.82, 2.24) is 5.32 Å². The van der Waals surface area contributed by atoms with Gasteiger partial charge in [0.2, 0.25) is 0 Å². The number of nitro groups is 1. The number of non-ortho nitro benzene ring substituents is 1. The van der Waals surface area contributed by atoms with E-state index in [0.717, 1.165) is 23.8 Å². The monoisotopic (exact) mass is 407 g/mol. The lowest BCUT2D eigenvalue weighted by Crippen LogP contribution is -2.28. The second-order valence-corrected chi connectivity index (χ2v) is 6.36. The first-order valence-electron chi connectivity index (χ1n) is 9.12. The van der Waals surface area contributed by atoms with Gasteiger partial charge in [0.05, 0.1) is 4.92 Å². The number of hydrogen-bond donors (Lipinski definition) is 1. The van der Waals surface area contributed by atoms with Gasteiger partial charge >= 0.3 is 0 Å². The Hall–Kier alpha value is -4.07. The number of carbonyl (C=O) groups excluding carboxylic acids is 1. The van der Waals surface area contributed by atoms with E-state index >= 15 is 0 Å². The summed E-state index contributed by atoms with van der Waals surface area (Å²) in [5.74, 6) is 0.319. The maximum absolute atomic E-state index is 11.9. The maximum Gasteiger partial charge on any atom is 0.269 e. The van der Waals surface area contributed by atoms with Crippen molar-refractivity contribution in [1.29, 1.82) is 0 Å². The molecule has 0 aliphatic carbocycles. The number of hydrogen-bond acceptors (Lipinski definition) is 6. The normalized spacial score (nSPS) is 10.3. The van der Waals surface area contributed by atoms with Crippen LogP contribution < -0.4 is 19.9 Å². The topological polar surface area (TPSA) is 114 Å². The second kappa shape index (κ2) is 9.92. The molecule has 1 amide bonds. The molecule has 0 saturated carbocycles. The van der Waals surface area contributed by atoms with Crippen LogP contribution in [0.4, 0.5) is 5.69 Å². The first kappa shape index (κ1) is 20.7. The molecule has 0 unspecified atom stereocenters. The van der Waals surface area contributed by atoms with Gasteiger partial charge in [-0.15, -0.1) is 5.75 Å². The third kappa shape index (κ3) is 5.96. The van der Waals surface area contributed by atoms with Crippen LogP contribution in [0, 0.1) is 10.1 Å². The molecular weight excluding hydrogens is 388 g/mol. The molecule has 0 radical (unpaired) electrons. The van der Waals surface area contributed by atoms with E-state index in [0.29, 0.717) is 18.1 Å². The molecule has 3 aromatic rings. The Morgan fingerprint density at radius 2 is 1.60 bits per heavy atom. The third-order valence-electron chi connectivity index (χ3n) is 4.17. The number of carbonyl (C=O) groups is 1. The number of benzene rings is 3. The molecule has 154 valence electrons. The number of nitro benzene ring substituents is 1. The highest BCUT2D eigenvalue weighted by Gasteiger charge is 2.09. The van der Waals surface area contributed by atoms with Crippen LogP contribution >= 0.6 is 0 Å². The van der Waals surface area contributed by atoms with E-state index in [1.807, 2.05) is 30.3 Å². The standard InChI is InChI=1S/C22H20N2O6/c25-21-11-6-18(24(27)28)12-17(21)13-23-22(26)15-30-20-9-7-19(8-10-20)29-14-16-4-2-1-3-5-16/h1-12,25H,13-15H2,(H,23,26)/p-1. The lowest BCUT2D eigenvalue weighted by molar-refractivity contribution is -0.385. The Morgan fingerprint density at radius 3 is 2.27 bits per heavy atom. The molecule has 0 fully saturated rings. The van der Waals surface area contributed by atoms with Gasteiger partial charge in [0.1, 0.15) is 18.1 Å². The molecule has 8 nitrogen and oxygen atoms in total. The number of rotatable bonds is 9. The van der Waals surface area contributed by atoms with Crippen LogP contribution in [0.5, 0.6) is 17.2 Å². The van der Waals surface area contributed by atoms with Crippen molar-refractivity contribution in [2.45, 2.75) is 13.2 Å². The van der Waals surface area contributed by atoms with E-state index in [1.165, 1.54) is 0 Å². The summed E-state index contributed by atoms with van der Waals surface area (Å²) >= 11 is 0. The van der Waals surface area contributed by atoms with Gasteiger partial charge in [-0.05, 0) is 35.4 Å². The lowest BCUT2D eigenvalue weighted by atomic mass is 10.2. The Labute approximate surface area is 172 Å². The number of amides is 1. The smallest absolute Gasteiger partial charge is 0.269 e. The molecule has 0 aromatic heterocycles. The third-order valence-corrected chi connectivity index (χ3v) is 4.17. The minimum Gasteiger partial charge on any atom is -0.872 e. The quantitative estimate of drug-likeness (QED) is 0.431. The molecule has 3 aromatic carbocycles. The Balaban J connectivity index is 1.44. The molecular formula is C22H19N2O6-. The van der Waals surface area contributed by atoms with Crippen molar-refractivity contribution in [3.63, 3.8) is 0 Å². The van der Waals surface area contributed by atoms with Crippen LogP contribution in [0.3, 0.4) is 0 Å². The highest BCUT2D eigenvalue weighted by molar-refractivity contribution is 5.77. The summed E-state index contributed by atoms with van der Waals surface area (Å²) in [5.41, 5.74) is 0.988. The van der Waals surface area contributed by atoms with Crippen LogP contribution in [0.1, 0.15) is 11.1 Å². The molecule has 8 heteroatoms. The number of nitrogens with one attached hydrogen (secondary N) is 1. The van der Waals surface area contributed by atoms with Crippen molar-refractivity contribution in [2.24, 2.45) is 0 Å².